The van der Waals surface area contributed by atoms with Crippen LogP contribution >= 0.6 is 0 Å². The summed E-state index contributed by atoms with van der Waals surface area (Å²) in [4.78, 5) is 26.7. The van der Waals surface area contributed by atoms with E-state index in [4.69, 9.17) is 18.9 Å². The number of allylic oxidation sites excluding steroid dienone is 1. The van der Waals surface area contributed by atoms with Crippen molar-refractivity contribution in [1.29, 1.82) is 0 Å². The third kappa shape index (κ3) is 6.60. The predicted octanol–water partition coefficient (Wildman–Crippen LogP) is 5.51. The fourth-order valence-corrected chi connectivity index (χ4v) is 3.41. The maximum Gasteiger partial charge on any atom is 0.342 e. The zero-order valence-corrected chi connectivity index (χ0v) is 20.2. The van der Waals surface area contributed by atoms with Crippen LogP contribution in [0.3, 0.4) is 0 Å². The molecule has 3 aromatic rings. The highest BCUT2D eigenvalue weighted by molar-refractivity contribution is 6.27. The fraction of sp³-hybridized carbons (Fsp3) is 0.172. The normalized spacial score (nSPS) is 11.5. The van der Waals surface area contributed by atoms with Gasteiger partial charge in [0, 0.05) is 12.1 Å². The molecule has 0 saturated heterocycles. The molecule has 6 heteroatoms. The largest absolute Gasteiger partial charge is 0.496 e. The highest BCUT2D eigenvalue weighted by Crippen LogP contribution is 2.36. The van der Waals surface area contributed by atoms with Crippen molar-refractivity contribution in [3.63, 3.8) is 0 Å². The van der Waals surface area contributed by atoms with Gasteiger partial charge in [0.25, 0.3) is 0 Å². The van der Waals surface area contributed by atoms with Gasteiger partial charge < -0.3 is 18.9 Å². The Hall–Kier alpha value is -4.32. The van der Waals surface area contributed by atoms with Gasteiger partial charge in [-0.25, -0.2) is 4.79 Å². The van der Waals surface area contributed by atoms with Gasteiger partial charge >= 0.3 is 5.97 Å². The van der Waals surface area contributed by atoms with E-state index in [0.717, 1.165) is 11.1 Å². The Labute approximate surface area is 205 Å². The molecule has 0 heterocycles. The molecule has 0 aliphatic heterocycles. The average molecular weight is 473 g/mol. The Morgan fingerprint density at radius 2 is 1.34 bits per heavy atom. The van der Waals surface area contributed by atoms with Crippen LogP contribution in [0.5, 0.6) is 17.2 Å². The number of carbonyl (C=O) groups is 2. The van der Waals surface area contributed by atoms with Gasteiger partial charge in [-0.3, -0.25) is 4.79 Å². The van der Waals surface area contributed by atoms with Crippen molar-refractivity contribution in [2.75, 3.05) is 21.3 Å². The summed E-state index contributed by atoms with van der Waals surface area (Å²) < 4.78 is 21.8. The topological polar surface area (TPSA) is 71.1 Å². The van der Waals surface area contributed by atoms with Gasteiger partial charge in [0.05, 0.1) is 26.9 Å². The van der Waals surface area contributed by atoms with E-state index < -0.39 is 11.8 Å². The summed E-state index contributed by atoms with van der Waals surface area (Å²) >= 11 is 0. The zero-order valence-electron chi connectivity index (χ0n) is 20.2. The van der Waals surface area contributed by atoms with E-state index in [9.17, 15) is 9.59 Å². The van der Waals surface area contributed by atoms with Crippen molar-refractivity contribution in [2.45, 2.75) is 13.5 Å². The minimum absolute atomic E-state index is 0.0304. The van der Waals surface area contributed by atoms with Crippen molar-refractivity contribution >= 4 is 23.9 Å². The number of rotatable bonds is 10. The maximum absolute atomic E-state index is 13.5. The minimum atomic E-state index is -0.750. The summed E-state index contributed by atoms with van der Waals surface area (Å²) in [6.45, 7) is 1.69. The molecule has 0 aliphatic rings. The SMILES string of the molecule is COc1cc(OC)c(/C=C(\C(=O)OCc2ccccc2)C(=O)/C(C)=C/c2ccccc2)c(OC)c1. The maximum atomic E-state index is 13.5. The molecule has 0 bridgehead atoms. The first kappa shape index (κ1) is 25.3. The van der Waals surface area contributed by atoms with Gasteiger partial charge in [0.2, 0.25) is 0 Å². The molecule has 0 spiro atoms. The lowest BCUT2D eigenvalue weighted by Crippen LogP contribution is -2.17. The number of hydrogen-bond acceptors (Lipinski definition) is 6. The predicted molar refractivity (Wildman–Crippen MR) is 135 cm³/mol. The molecule has 0 unspecified atom stereocenters. The van der Waals surface area contributed by atoms with E-state index >= 15 is 0 Å². The van der Waals surface area contributed by atoms with Crippen LogP contribution in [-0.4, -0.2) is 33.1 Å². The van der Waals surface area contributed by atoms with E-state index in [0.29, 0.717) is 28.4 Å². The number of ether oxygens (including phenoxy) is 4. The summed E-state index contributed by atoms with van der Waals surface area (Å²) in [7, 11) is 4.50. The molecule has 0 saturated carbocycles. The van der Waals surface area contributed by atoms with Gasteiger partial charge in [-0.15, -0.1) is 0 Å². The fourth-order valence-electron chi connectivity index (χ4n) is 3.41. The molecule has 0 fully saturated rings. The first-order valence-corrected chi connectivity index (χ1v) is 11.0. The average Bonchev–Trinajstić information content (AvgIpc) is 2.90. The Morgan fingerprint density at radius 1 is 0.771 bits per heavy atom. The van der Waals surface area contributed by atoms with Gasteiger partial charge in [0.15, 0.2) is 5.78 Å². The van der Waals surface area contributed by atoms with E-state index in [1.54, 1.807) is 25.1 Å². The summed E-state index contributed by atoms with van der Waals surface area (Å²) in [5, 5.41) is 0. The van der Waals surface area contributed by atoms with Crippen molar-refractivity contribution in [2.24, 2.45) is 0 Å². The van der Waals surface area contributed by atoms with Crippen LogP contribution in [0.1, 0.15) is 23.6 Å². The summed E-state index contributed by atoms with van der Waals surface area (Å²) in [6, 6.07) is 22.0. The number of Topliss-reactive ketones (excluding diaryl/α,β-unsaturated/α-hetero) is 1. The summed E-state index contributed by atoms with van der Waals surface area (Å²) in [5.41, 5.74) is 2.31. The van der Waals surface area contributed by atoms with Gasteiger partial charge in [-0.05, 0) is 35.8 Å². The third-order valence-electron chi connectivity index (χ3n) is 5.26. The second kappa shape index (κ2) is 12.2. The Balaban J connectivity index is 2.05. The lowest BCUT2D eigenvalue weighted by molar-refractivity contribution is -0.141. The molecule has 0 aliphatic carbocycles. The highest BCUT2D eigenvalue weighted by Gasteiger charge is 2.24. The molecule has 0 atom stereocenters. The molecular formula is C29H28O6. The van der Waals surface area contributed by atoms with Gasteiger partial charge in [0.1, 0.15) is 29.4 Å². The van der Waals surface area contributed by atoms with E-state index in [1.165, 1.54) is 27.4 Å². The monoisotopic (exact) mass is 472 g/mol. The standard InChI is InChI=1S/C29H28O6/c1-20(15-21-11-7-5-8-12-21)28(30)25(29(31)35-19-22-13-9-6-10-14-22)18-24-26(33-3)16-23(32-2)17-27(24)34-4/h5-18H,19H2,1-4H3/b20-15+,25-18-. The number of methoxy groups -OCH3 is 3. The van der Waals surface area contributed by atoms with Crippen LogP contribution in [0.2, 0.25) is 0 Å². The van der Waals surface area contributed by atoms with Crippen molar-refractivity contribution in [3.8, 4) is 17.2 Å². The van der Waals surface area contributed by atoms with E-state index in [1.807, 2.05) is 60.7 Å². The molecule has 0 N–H and O–H groups in total. The summed E-state index contributed by atoms with van der Waals surface area (Å²) in [6.07, 6.45) is 3.16. The molecule has 6 nitrogen and oxygen atoms in total. The van der Waals surface area contributed by atoms with Crippen LogP contribution in [0.4, 0.5) is 0 Å². The van der Waals surface area contributed by atoms with Crippen molar-refractivity contribution in [1.82, 2.24) is 0 Å². The van der Waals surface area contributed by atoms with Crippen LogP contribution in [0.15, 0.2) is 83.9 Å². The smallest absolute Gasteiger partial charge is 0.342 e. The van der Waals surface area contributed by atoms with E-state index in [2.05, 4.69) is 0 Å². The highest BCUT2D eigenvalue weighted by atomic mass is 16.5. The molecule has 180 valence electrons. The minimum Gasteiger partial charge on any atom is -0.496 e. The van der Waals surface area contributed by atoms with Crippen molar-refractivity contribution in [3.05, 3.63) is 101 Å². The second-order valence-electron chi connectivity index (χ2n) is 7.63. The molecule has 3 aromatic carbocycles. The summed E-state index contributed by atoms with van der Waals surface area (Å²) in [5.74, 6) is 0.0565. The number of hydrogen-bond donors (Lipinski definition) is 0. The van der Waals surface area contributed by atoms with Crippen LogP contribution in [-0.2, 0) is 20.9 Å². The Kier molecular flexibility index (Phi) is 8.84. The van der Waals surface area contributed by atoms with Crippen LogP contribution in [0.25, 0.3) is 12.2 Å². The van der Waals surface area contributed by atoms with Crippen LogP contribution < -0.4 is 14.2 Å². The van der Waals surface area contributed by atoms with Gasteiger partial charge in [-0.1, -0.05) is 60.7 Å². The molecular weight excluding hydrogens is 444 g/mol. The number of carbonyl (C=O) groups excluding carboxylic acids is 2. The molecule has 0 aromatic heterocycles. The van der Waals surface area contributed by atoms with Crippen LogP contribution in [0, 0.1) is 0 Å². The first-order valence-electron chi connectivity index (χ1n) is 11.0. The molecule has 0 radical (unpaired) electrons. The van der Waals surface area contributed by atoms with E-state index in [-0.39, 0.29) is 12.2 Å². The molecule has 0 amide bonds. The lowest BCUT2D eigenvalue weighted by Gasteiger charge is -2.14. The Bertz CT molecular complexity index is 1200. The molecule has 3 rings (SSSR count). The molecule has 35 heavy (non-hydrogen) atoms. The lowest BCUT2D eigenvalue weighted by atomic mass is 9.99. The quantitative estimate of drug-likeness (QED) is 0.168. The van der Waals surface area contributed by atoms with Gasteiger partial charge in [-0.2, -0.15) is 0 Å². The first-order chi connectivity index (χ1) is 17.0. The zero-order chi connectivity index (χ0) is 25.2. The number of esters is 1. The number of benzene rings is 3. The number of ketones is 1. The third-order valence-corrected chi connectivity index (χ3v) is 5.26. The second-order valence-corrected chi connectivity index (χ2v) is 7.63. The Morgan fingerprint density at radius 3 is 1.89 bits per heavy atom. The van der Waals surface area contributed by atoms with Crippen molar-refractivity contribution < 1.29 is 28.5 Å².